The molecule has 0 aliphatic carbocycles. The van der Waals surface area contributed by atoms with E-state index in [2.05, 4.69) is 38.0 Å². The third-order valence-corrected chi connectivity index (χ3v) is 3.90. The number of rotatable bonds is 5. The zero-order valence-corrected chi connectivity index (χ0v) is 11.4. The largest absolute Gasteiger partial charge is 0.395 e. The van der Waals surface area contributed by atoms with Crippen molar-refractivity contribution in [3.63, 3.8) is 0 Å². The van der Waals surface area contributed by atoms with Crippen LogP contribution in [0.5, 0.6) is 0 Å². The molecule has 0 unspecified atom stereocenters. The average molecular weight is 242 g/mol. The summed E-state index contributed by atoms with van der Waals surface area (Å²) < 4.78 is 0. The lowest BCUT2D eigenvalue weighted by Crippen LogP contribution is -2.30. The van der Waals surface area contributed by atoms with Gasteiger partial charge in [0.1, 0.15) is 0 Å². The molecule has 1 aromatic heterocycles. The van der Waals surface area contributed by atoms with Crippen LogP contribution in [-0.4, -0.2) is 22.7 Å². The van der Waals surface area contributed by atoms with Crippen molar-refractivity contribution >= 4 is 11.3 Å². The second-order valence-corrected chi connectivity index (χ2v) is 6.17. The Morgan fingerprint density at radius 1 is 1.50 bits per heavy atom. The minimum Gasteiger partial charge on any atom is -0.395 e. The second kappa shape index (κ2) is 5.75. The molecule has 92 valence electrons. The van der Waals surface area contributed by atoms with Gasteiger partial charge in [-0.2, -0.15) is 0 Å². The van der Waals surface area contributed by atoms with E-state index in [9.17, 15) is 0 Å². The van der Waals surface area contributed by atoms with Crippen LogP contribution in [0.3, 0.4) is 0 Å². The number of nitrogens with one attached hydrogen (secondary N) is 1. The highest BCUT2D eigenvalue weighted by Crippen LogP contribution is 2.26. The van der Waals surface area contributed by atoms with Gasteiger partial charge in [-0.15, -0.1) is 11.3 Å². The Kier molecular flexibility index (Phi) is 4.89. The van der Waals surface area contributed by atoms with Gasteiger partial charge in [0.05, 0.1) is 11.6 Å². The van der Waals surface area contributed by atoms with Crippen molar-refractivity contribution in [1.29, 1.82) is 0 Å². The molecule has 0 aromatic carbocycles. The standard InChI is InChI=1S/C12H22N2OS/c1-5-9(8-15)13-6-10-7-14-11(16-10)12(2,3)4/h7,9,13,15H,5-6,8H2,1-4H3/t9-/m0/s1. The summed E-state index contributed by atoms with van der Waals surface area (Å²) in [5, 5.41) is 13.6. The first kappa shape index (κ1) is 13.6. The Morgan fingerprint density at radius 2 is 2.19 bits per heavy atom. The molecule has 0 saturated carbocycles. The zero-order valence-electron chi connectivity index (χ0n) is 10.6. The molecule has 1 heterocycles. The normalized spacial score (nSPS) is 14.1. The van der Waals surface area contributed by atoms with Crippen LogP contribution in [0.2, 0.25) is 0 Å². The molecule has 0 saturated heterocycles. The predicted molar refractivity (Wildman–Crippen MR) is 68.8 cm³/mol. The summed E-state index contributed by atoms with van der Waals surface area (Å²) in [5.74, 6) is 0. The minimum atomic E-state index is 0.129. The summed E-state index contributed by atoms with van der Waals surface area (Å²) in [5.41, 5.74) is 0.129. The number of aliphatic hydroxyl groups is 1. The van der Waals surface area contributed by atoms with E-state index >= 15 is 0 Å². The van der Waals surface area contributed by atoms with E-state index in [1.165, 1.54) is 9.88 Å². The minimum absolute atomic E-state index is 0.129. The van der Waals surface area contributed by atoms with Gasteiger partial charge < -0.3 is 10.4 Å². The lowest BCUT2D eigenvalue weighted by atomic mass is 9.98. The van der Waals surface area contributed by atoms with Crippen LogP contribution in [0.15, 0.2) is 6.20 Å². The van der Waals surface area contributed by atoms with Gasteiger partial charge in [-0.3, -0.25) is 0 Å². The summed E-state index contributed by atoms with van der Waals surface area (Å²) >= 11 is 1.75. The molecule has 0 aliphatic rings. The lowest BCUT2D eigenvalue weighted by Gasteiger charge is -2.14. The van der Waals surface area contributed by atoms with Crippen molar-refractivity contribution in [2.45, 2.75) is 52.1 Å². The Hall–Kier alpha value is -0.450. The zero-order chi connectivity index (χ0) is 12.2. The molecular weight excluding hydrogens is 220 g/mol. The monoisotopic (exact) mass is 242 g/mol. The maximum atomic E-state index is 9.06. The fourth-order valence-corrected chi connectivity index (χ4v) is 2.24. The molecule has 0 amide bonds. The molecule has 0 fully saturated rings. The van der Waals surface area contributed by atoms with Crippen molar-refractivity contribution in [3.8, 4) is 0 Å². The smallest absolute Gasteiger partial charge is 0.0981 e. The fourth-order valence-electron chi connectivity index (χ4n) is 1.32. The molecule has 16 heavy (non-hydrogen) atoms. The van der Waals surface area contributed by atoms with E-state index in [0.29, 0.717) is 0 Å². The van der Waals surface area contributed by atoms with E-state index in [0.717, 1.165) is 13.0 Å². The number of aliphatic hydroxyl groups excluding tert-OH is 1. The fraction of sp³-hybridized carbons (Fsp3) is 0.750. The van der Waals surface area contributed by atoms with Gasteiger partial charge in [-0.05, 0) is 6.42 Å². The highest BCUT2D eigenvalue weighted by atomic mass is 32.1. The molecule has 1 atom stereocenters. The summed E-state index contributed by atoms with van der Waals surface area (Å²) in [6.45, 7) is 9.58. The van der Waals surface area contributed by atoms with E-state index in [4.69, 9.17) is 5.11 Å². The highest BCUT2D eigenvalue weighted by molar-refractivity contribution is 7.11. The first-order chi connectivity index (χ1) is 7.47. The van der Waals surface area contributed by atoms with Gasteiger partial charge in [-0.25, -0.2) is 4.98 Å². The van der Waals surface area contributed by atoms with E-state index < -0.39 is 0 Å². The maximum Gasteiger partial charge on any atom is 0.0981 e. The van der Waals surface area contributed by atoms with Gasteiger partial charge >= 0.3 is 0 Å². The predicted octanol–water partition coefficient (Wildman–Crippen LogP) is 2.30. The third kappa shape index (κ3) is 3.85. The van der Waals surface area contributed by atoms with Gasteiger partial charge in [-0.1, -0.05) is 27.7 Å². The Bertz CT molecular complexity index is 313. The molecule has 0 radical (unpaired) electrons. The van der Waals surface area contributed by atoms with Gasteiger partial charge in [0.15, 0.2) is 0 Å². The number of aromatic nitrogens is 1. The quantitative estimate of drug-likeness (QED) is 0.833. The van der Waals surface area contributed by atoms with Crippen molar-refractivity contribution in [2.75, 3.05) is 6.61 Å². The maximum absolute atomic E-state index is 9.06. The summed E-state index contributed by atoms with van der Waals surface area (Å²) in [4.78, 5) is 5.67. The Balaban J connectivity index is 2.53. The molecule has 0 bridgehead atoms. The topological polar surface area (TPSA) is 45.1 Å². The SMILES string of the molecule is CC[C@@H](CO)NCc1cnc(C(C)(C)C)s1. The van der Waals surface area contributed by atoms with Crippen molar-refractivity contribution < 1.29 is 5.11 Å². The molecule has 0 aliphatic heterocycles. The van der Waals surface area contributed by atoms with Gasteiger partial charge in [0.25, 0.3) is 0 Å². The van der Waals surface area contributed by atoms with Crippen LogP contribution >= 0.6 is 11.3 Å². The van der Waals surface area contributed by atoms with Crippen LogP contribution in [-0.2, 0) is 12.0 Å². The first-order valence-electron chi connectivity index (χ1n) is 5.76. The van der Waals surface area contributed by atoms with E-state index in [-0.39, 0.29) is 18.1 Å². The molecule has 1 rings (SSSR count). The number of hydrogen-bond donors (Lipinski definition) is 2. The summed E-state index contributed by atoms with van der Waals surface area (Å²) in [6.07, 6.45) is 2.88. The number of nitrogens with zero attached hydrogens (tertiary/aromatic N) is 1. The van der Waals surface area contributed by atoms with E-state index in [1.807, 2.05) is 6.20 Å². The van der Waals surface area contributed by atoms with Gasteiger partial charge in [0, 0.05) is 29.1 Å². The van der Waals surface area contributed by atoms with E-state index in [1.54, 1.807) is 11.3 Å². The highest BCUT2D eigenvalue weighted by Gasteiger charge is 2.18. The Labute approximate surface area is 102 Å². The van der Waals surface area contributed by atoms with Crippen molar-refractivity contribution in [3.05, 3.63) is 16.1 Å². The molecule has 2 N–H and O–H groups in total. The molecule has 3 nitrogen and oxygen atoms in total. The Morgan fingerprint density at radius 3 is 2.62 bits per heavy atom. The third-order valence-electron chi connectivity index (χ3n) is 2.47. The molecular formula is C12H22N2OS. The number of thiazole rings is 1. The molecule has 4 heteroatoms. The molecule has 0 spiro atoms. The average Bonchev–Trinajstić information content (AvgIpc) is 2.67. The van der Waals surface area contributed by atoms with Crippen LogP contribution in [0.4, 0.5) is 0 Å². The first-order valence-corrected chi connectivity index (χ1v) is 6.58. The van der Waals surface area contributed by atoms with Crippen molar-refractivity contribution in [2.24, 2.45) is 0 Å². The van der Waals surface area contributed by atoms with Crippen LogP contribution < -0.4 is 5.32 Å². The number of hydrogen-bond acceptors (Lipinski definition) is 4. The van der Waals surface area contributed by atoms with Gasteiger partial charge in [0.2, 0.25) is 0 Å². The van der Waals surface area contributed by atoms with Crippen LogP contribution in [0, 0.1) is 0 Å². The van der Waals surface area contributed by atoms with Crippen molar-refractivity contribution in [1.82, 2.24) is 10.3 Å². The second-order valence-electron chi connectivity index (χ2n) is 5.05. The van der Waals surface area contributed by atoms with Crippen LogP contribution in [0.25, 0.3) is 0 Å². The lowest BCUT2D eigenvalue weighted by molar-refractivity contribution is 0.238. The molecule has 1 aromatic rings. The summed E-state index contributed by atoms with van der Waals surface area (Å²) in [6, 6.07) is 0.195. The summed E-state index contributed by atoms with van der Waals surface area (Å²) in [7, 11) is 0. The van der Waals surface area contributed by atoms with Crippen LogP contribution in [0.1, 0.15) is 44.0 Å².